The smallest absolute Gasteiger partial charge is 0.264 e. The highest BCUT2D eigenvalue weighted by molar-refractivity contribution is 7.14. The van der Waals surface area contributed by atoms with Crippen LogP contribution in [0.5, 0.6) is 0 Å². The van der Waals surface area contributed by atoms with Crippen LogP contribution in [0.4, 0.5) is 5.69 Å². The Morgan fingerprint density at radius 3 is 2.87 bits per heavy atom. The molecule has 2 N–H and O–H groups in total. The molecule has 1 amide bonds. The first-order valence-corrected chi connectivity index (χ1v) is 6.04. The number of likely N-dealkylation sites (tertiary alicyclic amines) is 1. The summed E-state index contributed by atoms with van der Waals surface area (Å²) in [5.41, 5.74) is 6.48. The topological polar surface area (TPSA) is 46.3 Å². The van der Waals surface area contributed by atoms with Crippen molar-refractivity contribution in [3.05, 3.63) is 15.8 Å². The molecule has 1 aromatic rings. The van der Waals surface area contributed by atoms with E-state index in [0.29, 0.717) is 5.92 Å². The molecular formula is C11H16N2OS. The Kier molecular flexibility index (Phi) is 2.69. The molecule has 2 heterocycles. The number of carbonyl (C=O) groups is 1. The van der Waals surface area contributed by atoms with Crippen molar-refractivity contribution >= 4 is 22.9 Å². The number of anilines is 1. The van der Waals surface area contributed by atoms with Crippen LogP contribution in [0.25, 0.3) is 0 Å². The molecule has 2 rings (SSSR count). The molecule has 1 aromatic heterocycles. The molecule has 1 atom stereocenters. The molecule has 1 saturated heterocycles. The number of carbonyl (C=O) groups excluding carboxylic acids is 1. The number of nitrogen functional groups attached to an aromatic ring is 1. The van der Waals surface area contributed by atoms with Gasteiger partial charge in [-0.05, 0) is 25.3 Å². The fourth-order valence-corrected chi connectivity index (χ4v) is 2.79. The summed E-state index contributed by atoms with van der Waals surface area (Å²) in [6.07, 6.45) is 1.12. The Labute approximate surface area is 93.9 Å². The summed E-state index contributed by atoms with van der Waals surface area (Å²) in [6, 6.07) is 1.80. The number of hydrogen-bond acceptors (Lipinski definition) is 3. The molecule has 1 aliphatic rings. The summed E-state index contributed by atoms with van der Waals surface area (Å²) in [4.78, 5) is 15.8. The Hall–Kier alpha value is -1.03. The fourth-order valence-electron chi connectivity index (χ4n) is 1.88. The fraction of sp³-hybridized carbons (Fsp3) is 0.545. The quantitative estimate of drug-likeness (QED) is 0.794. The Morgan fingerprint density at radius 1 is 1.67 bits per heavy atom. The molecule has 0 spiro atoms. The lowest BCUT2D eigenvalue weighted by Crippen LogP contribution is -2.27. The van der Waals surface area contributed by atoms with Crippen molar-refractivity contribution < 1.29 is 4.79 Å². The summed E-state index contributed by atoms with van der Waals surface area (Å²) in [5, 5.41) is 0. The largest absolute Gasteiger partial charge is 0.398 e. The van der Waals surface area contributed by atoms with E-state index in [-0.39, 0.29) is 5.91 Å². The number of rotatable bonds is 1. The maximum atomic E-state index is 12.0. The molecule has 1 unspecified atom stereocenters. The van der Waals surface area contributed by atoms with Gasteiger partial charge in [-0.1, -0.05) is 6.92 Å². The van der Waals surface area contributed by atoms with E-state index in [1.807, 2.05) is 11.8 Å². The van der Waals surface area contributed by atoms with Crippen LogP contribution in [0, 0.1) is 12.8 Å². The minimum atomic E-state index is 0.143. The van der Waals surface area contributed by atoms with Crippen molar-refractivity contribution in [2.24, 2.45) is 5.92 Å². The molecule has 0 saturated carbocycles. The molecule has 0 radical (unpaired) electrons. The zero-order valence-corrected chi connectivity index (χ0v) is 9.93. The van der Waals surface area contributed by atoms with E-state index in [4.69, 9.17) is 5.73 Å². The summed E-state index contributed by atoms with van der Waals surface area (Å²) >= 11 is 1.49. The van der Waals surface area contributed by atoms with E-state index in [0.717, 1.165) is 35.0 Å². The van der Waals surface area contributed by atoms with Gasteiger partial charge in [-0.3, -0.25) is 4.79 Å². The molecule has 1 aliphatic heterocycles. The Morgan fingerprint density at radius 2 is 2.40 bits per heavy atom. The predicted molar refractivity (Wildman–Crippen MR) is 63.2 cm³/mol. The highest BCUT2D eigenvalue weighted by Gasteiger charge is 2.25. The molecule has 82 valence electrons. The van der Waals surface area contributed by atoms with Crippen LogP contribution in [-0.2, 0) is 0 Å². The Bertz CT molecular complexity index is 366. The van der Waals surface area contributed by atoms with Gasteiger partial charge < -0.3 is 10.6 Å². The van der Waals surface area contributed by atoms with E-state index < -0.39 is 0 Å². The van der Waals surface area contributed by atoms with Crippen LogP contribution in [0.3, 0.4) is 0 Å². The highest BCUT2D eigenvalue weighted by Crippen LogP contribution is 2.26. The van der Waals surface area contributed by atoms with E-state index in [2.05, 4.69) is 6.92 Å². The molecular weight excluding hydrogens is 208 g/mol. The Balaban J connectivity index is 2.14. The van der Waals surface area contributed by atoms with Gasteiger partial charge in [0.15, 0.2) is 0 Å². The number of amides is 1. The second-order valence-corrected chi connectivity index (χ2v) is 5.52. The molecule has 0 aromatic carbocycles. The van der Waals surface area contributed by atoms with E-state index in [1.165, 1.54) is 11.3 Å². The first-order chi connectivity index (χ1) is 7.08. The third-order valence-electron chi connectivity index (χ3n) is 2.88. The zero-order chi connectivity index (χ0) is 11.0. The van der Waals surface area contributed by atoms with Gasteiger partial charge in [0.05, 0.1) is 4.88 Å². The number of hydrogen-bond donors (Lipinski definition) is 1. The maximum absolute atomic E-state index is 12.0. The molecule has 0 bridgehead atoms. The average molecular weight is 224 g/mol. The van der Waals surface area contributed by atoms with Crippen molar-refractivity contribution in [1.29, 1.82) is 0 Å². The SMILES string of the molecule is Cc1sc(C(=O)N2CCC(C)C2)cc1N. The monoisotopic (exact) mass is 224 g/mol. The summed E-state index contributed by atoms with van der Waals surface area (Å²) in [7, 11) is 0. The minimum Gasteiger partial charge on any atom is -0.398 e. The van der Waals surface area contributed by atoms with Gasteiger partial charge in [0, 0.05) is 23.7 Å². The summed E-state index contributed by atoms with van der Waals surface area (Å²) < 4.78 is 0. The lowest BCUT2D eigenvalue weighted by molar-refractivity contribution is 0.0793. The van der Waals surface area contributed by atoms with Crippen LogP contribution in [-0.4, -0.2) is 23.9 Å². The van der Waals surface area contributed by atoms with Gasteiger partial charge >= 0.3 is 0 Å². The van der Waals surface area contributed by atoms with Crippen molar-refractivity contribution in [2.75, 3.05) is 18.8 Å². The third kappa shape index (κ3) is 2.00. The standard InChI is InChI=1S/C11H16N2OS/c1-7-3-4-13(6-7)11(14)10-5-9(12)8(2)15-10/h5,7H,3-4,6,12H2,1-2H3. The number of thiophene rings is 1. The number of nitrogens with two attached hydrogens (primary N) is 1. The van der Waals surface area contributed by atoms with Gasteiger partial charge in [0.1, 0.15) is 0 Å². The van der Waals surface area contributed by atoms with Crippen molar-refractivity contribution in [1.82, 2.24) is 4.90 Å². The molecule has 15 heavy (non-hydrogen) atoms. The van der Waals surface area contributed by atoms with Crippen LogP contribution < -0.4 is 5.73 Å². The summed E-state index contributed by atoms with van der Waals surface area (Å²) in [6.45, 7) is 5.90. The zero-order valence-electron chi connectivity index (χ0n) is 9.12. The van der Waals surface area contributed by atoms with Gasteiger partial charge in [-0.15, -0.1) is 11.3 Å². The van der Waals surface area contributed by atoms with E-state index in [9.17, 15) is 4.79 Å². The number of aryl methyl sites for hydroxylation is 1. The van der Waals surface area contributed by atoms with Gasteiger partial charge in [-0.25, -0.2) is 0 Å². The first-order valence-electron chi connectivity index (χ1n) is 5.23. The van der Waals surface area contributed by atoms with E-state index in [1.54, 1.807) is 6.07 Å². The van der Waals surface area contributed by atoms with Crippen molar-refractivity contribution in [3.63, 3.8) is 0 Å². The molecule has 3 nitrogen and oxygen atoms in total. The van der Waals surface area contributed by atoms with Gasteiger partial charge in [0.25, 0.3) is 5.91 Å². The minimum absolute atomic E-state index is 0.143. The van der Waals surface area contributed by atoms with E-state index >= 15 is 0 Å². The molecule has 4 heteroatoms. The van der Waals surface area contributed by atoms with Crippen LogP contribution in [0.15, 0.2) is 6.07 Å². The molecule has 1 fully saturated rings. The second-order valence-electron chi connectivity index (χ2n) is 4.27. The first kappa shape index (κ1) is 10.5. The highest BCUT2D eigenvalue weighted by atomic mass is 32.1. The van der Waals surface area contributed by atoms with Gasteiger partial charge in [0.2, 0.25) is 0 Å². The number of nitrogens with zero attached hydrogens (tertiary/aromatic N) is 1. The predicted octanol–water partition coefficient (Wildman–Crippen LogP) is 2.12. The maximum Gasteiger partial charge on any atom is 0.264 e. The summed E-state index contributed by atoms with van der Waals surface area (Å²) in [5.74, 6) is 0.775. The van der Waals surface area contributed by atoms with Gasteiger partial charge in [-0.2, -0.15) is 0 Å². The lowest BCUT2D eigenvalue weighted by Gasteiger charge is -2.14. The molecule has 0 aliphatic carbocycles. The van der Waals surface area contributed by atoms with Crippen LogP contribution in [0.2, 0.25) is 0 Å². The lowest BCUT2D eigenvalue weighted by atomic mass is 10.2. The van der Waals surface area contributed by atoms with Crippen molar-refractivity contribution in [3.8, 4) is 0 Å². The normalized spacial score (nSPS) is 20.9. The third-order valence-corrected chi connectivity index (χ3v) is 3.93. The van der Waals surface area contributed by atoms with Crippen molar-refractivity contribution in [2.45, 2.75) is 20.3 Å². The van der Waals surface area contributed by atoms with Crippen LogP contribution in [0.1, 0.15) is 27.9 Å². The second kappa shape index (κ2) is 3.85. The van der Waals surface area contributed by atoms with Crippen LogP contribution >= 0.6 is 11.3 Å². The average Bonchev–Trinajstić information content (AvgIpc) is 2.74.